The number of hydrogen-bond donors (Lipinski definition) is 1. The minimum atomic E-state index is -0.706. The van der Waals surface area contributed by atoms with E-state index in [4.69, 9.17) is 11.6 Å². The number of amidine groups is 1. The molecule has 0 unspecified atom stereocenters. The molecule has 0 aliphatic carbocycles. The molecule has 0 saturated heterocycles. The number of non-ortho nitro benzene ring substituents is 1. The number of para-hydroxylation sites is 1. The number of carbonyl (C=O) groups is 2. The van der Waals surface area contributed by atoms with E-state index in [1.165, 1.54) is 24.3 Å². The van der Waals surface area contributed by atoms with Crippen LogP contribution in [-0.4, -0.2) is 32.6 Å². The first-order valence-corrected chi connectivity index (χ1v) is 11.1. The van der Waals surface area contributed by atoms with Crippen LogP contribution in [0.15, 0.2) is 95.6 Å². The standard InChI is InChI=1S/C26H16ClN5O4/c27-23-19(13-17-9-4-5-12-21(17)28-23)15-22-26(34)31(24(29-22)16-7-2-1-3-8-16)30-25(33)18-10-6-11-20(14-18)32(35)36/h1-15H,(H,30,33)/b22-15-. The molecule has 0 bridgehead atoms. The van der Waals surface area contributed by atoms with Crippen molar-refractivity contribution >= 4 is 51.9 Å². The molecule has 0 fully saturated rings. The van der Waals surface area contributed by atoms with Crippen LogP contribution in [0, 0.1) is 10.1 Å². The number of halogens is 1. The predicted octanol–water partition coefficient (Wildman–Crippen LogP) is 4.77. The first-order chi connectivity index (χ1) is 17.4. The van der Waals surface area contributed by atoms with Crippen molar-refractivity contribution in [3.05, 3.63) is 123 Å². The number of pyridine rings is 1. The number of nitro groups is 1. The van der Waals surface area contributed by atoms with E-state index in [-0.39, 0.29) is 27.9 Å². The van der Waals surface area contributed by atoms with Crippen molar-refractivity contribution in [2.24, 2.45) is 4.99 Å². The molecule has 0 saturated carbocycles. The van der Waals surface area contributed by atoms with Crippen LogP contribution in [0.2, 0.25) is 5.15 Å². The highest BCUT2D eigenvalue weighted by Crippen LogP contribution is 2.26. The first kappa shape index (κ1) is 22.9. The lowest BCUT2D eigenvalue weighted by molar-refractivity contribution is -0.384. The Bertz CT molecular complexity index is 1600. The Labute approximate surface area is 209 Å². The fraction of sp³-hybridized carbons (Fsp3) is 0. The van der Waals surface area contributed by atoms with Gasteiger partial charge >= 0.3 is 0 Å². The average Bonchev–Trinajstić information content (AvgIpc) is 3.19. The number of hydrazine groups is 1. The molecule has 2 heterocycles. The molecule has 4 aromatic rings. The van der Waals surface area contributed by atoms with Gasteiger partial charge in [0.15, 0.2) is 5.84 Å². The number of fused-ring (bicyclic) bond motifs is 1. The van der Waals surface area contributed by atoms with E-state index in [9.17, 15) is 19.7 Å². The quantitative estimate of drug-likeness (QED) is 0.184. The van der Waals surface area contributed by atoms with Gasteiger partial charge in [0.2, 0.25) is 0 Å². The molecule has 1 aliphatic heterocycles. The molecule has 2 amide bonds. The molecule has 5 rings (SSSR count). The summed E-state index contributed by atoms with van der Waals surface area (Å²) in [7, 11) is 0. The second kappa shape index (κ2) is 9.40. The Balaban J connectivity index is 1.53. The predicted molar refractivity (Wildman–Crippen MR) is 135 cm³/mol. The monoisotopic (exact) mass is 497 g/mol. The van der Waals surface area contributed by atoms with E-state index in [1.807, 2.05) is 30.3 Å². The topological polar surface area (TPSA) is 118 Å². The van der Waals surface area contributed by atoms with Gasteiger partial charge in [-0.1, -0.05) is 66.2 Å². The lowest BCUT2D eigenvalue weighted by atomic mass is 10.1. The van der Waals surface area contributed by atoms with E-state index >= 15 is 0 Å². The largest absolute Gasteiger partial charge is 0.297 e. The van der Waals surface area contributed by atoms with Gasteiger partial charge in [-0.25, -0.2) is 9.98 Å². The number of hydrogen-bond acceptors (Lipinski definition) is 6. The van der Waals surface area contributed by atoms with Crippen LogP contribution in [0.25, 0.3) is 17.0 Å². The third-order valence-corrected chi connectivity index (χ3v) is 5.72. The molecule has 0 spiro atoms. The number of carbonyl (C=O) groups excluding carboxylic acids is 2. The van der Waals surface area contributed by atoms with E-state index in [1.54, 1.807) is 30.3 Å². The maximum Gasteiger partial charge on any atom is 0.297 e. The fourth-order valence-electron chi connectivity index (χ4n) is 3.69. The molecule has 0 radical (unpaired) electrons. The smallest absolute Gasteiger partial charge is 0.267 e. The number of aromatic nitrogens is 1. The summed E-state index contributed by atoms with van der Waals surface area (Å²) in [5.74, 6) is -1.12. The molecule has 3 aromatic carbocycles. The molecule has 1 aromatic heterocycles. The van der Waals surface area contributed by atoms with Gasteiger partial charge in [-0.05, 0) is 24.3 Å². The summed E-state index contributed by atoms with van der Waals surface area (Å²) in [5.41, 5.74) is 4.11. The average molecular weight is 498 g/mol. The first-order valence-electron chi connectivity index (χ1n) is 10.7. The van der Waals surface area contributed by atoms with Gasteiger partial charge in [-0.15, -0.1) is 0 Å². The number of aliphatic imine (C=N–C) groups is 1. The van der Waals surface area contributed by atoms with Gasteiger partial charge in [0.25, 0.3) is 17.5 Å². The molecular formula is C26H16ClN5O4. The Morgan fingerprint density at radius 1 is 1.00 bits per heavy atom. The summed E-state index contributed by atoms with van der Waals surface area (Å²) in [6, 6.07) is 23.3. The van der Waals surface area contributed by atoms with Gasteiger partial charge in [0, 0.05) is 34.2 Å². The van der Waals surface area contributed by atoms with Gasteiger partial charge in [0.1, 0.15) is 10.9 Å². The van der Waals surface area contributed by atoms with Gasteiger partial charge < -0.3 is 0 Å². The second-order valence-corrected chi connectivity index (χ2v) is 8.14. The molecule has 176 valence electrons. The van der Waals surface area contributed by atoms with E-state index in [2.05, 4.69) is 15.4 Å². The van der Waals surface area contributed by atoms with Crippen molar-refractivity contribution in [3.63, 3.8) is 0 Å². The normalized spacial score (nSPS) is 14.2. The van der Waals surface area contributed by atoms with Crippen LogP contribution in [0.4, 0.5) is 5.69 Å². The fourth-order valence-corrected chi connectivity index (χ4v) is 3.89. The zero-order chi connectivity index (χ0) is 25.2. The lowest BCUT2D eigenvalue weighted by Gasteiger charge is -2.19. The molecule has 9 nitrogen and oxygen atoms in total. The SMILES string of the molecule is O=C(NN1C(=O)/C(=C/c2cc3ccccc3nc2Cl)N=C1c1ccccc1)c1cccc([N+](=O)[O-])c1. The van der Waals surface area contributed by atoms with Gasteiger partial charge in [0.05, 0.1) is 10.4 Å². The van der Waals surface area contributed by atoms with Crippen LogP contribution in [-0.2, 0) is 4.79 Å². The lowest BCUT2D eigenvalue weighted by Crippen LogP contribution is -2.47. The van der Waals surface area contributed by atoms with Crippen LogP contribution in [0.1, 0.15) is 21.5 Å². The Morgan fingerprint density at radius 2 is 1.75 bits per heavy atom. The number of amides is 2. The van der Waals surface area contributed by atoms with Crippen LogP contribution in [0.3, 0.4) is 0 Å². The van der Waals surface area contributed by atoms with Crippen molar-refractivity contribution in [2.75, 3.05) is 0 Å². The van der Waals surface area contributed by atoms with Crippen molar-refractivity contribution in [1.82, 2.24) is 15.4 Å². The second-order valence-electron chi connectivity index (χ2n) is 7.78. The van der Waals surface area contributed by atoms with Crippen molar-refractivity contribution in [2.45, 2.75) is 0 Å². The molecule has 10 heteroatoms. The molecule has 0 atom stereocenters. The van der Waals surface area contributed by atoms with E-state index in [0.29, 0.717) is 16.6 Å². The summed E-state index contributed by atoms with van der Waals surface area (Å²) >= 11 is 6.37. The maximum absolute atomic E-state index is 13.4. The molecular weight excluding hydrogens is 482 g/mol. The number of nitrogens with zero attached hydrogens (tertiary/aromatic N) is 4. The zero-order valence-electron chi connectivity index (χ0n) is 18.5. The summed E-state index contributed by atoms with van der Waals surface area (Å²) in [4.78, 5) is 45.6. The van der Waals surface area contributed by atoms with Crippen LogP contribution >= 0.6 is 11.6 Å². The highest BCUT2D eigenvalue weighted by molar-refractivity contribution is 6.31. The number of nitrogens with one attached hydrogen (secondary N) is 1. The van der Waals surface area contributed by atoms with Gasteiger partial charge in [-0.2, -0.15) is 5.01 Å². The third kappa shape index (κ3) is 4.42. The molecule has 1 N–H and O–H groups in total. The van der Waals surface area contributed by atoms with Crippen LogP contribution in [0.5, 0.6) is 0 Å². The zero-order valence-corrected chi connectivity index (χ0v) is 19.2. The molecule has 36 heavy (non-hydrogen) atoms. The Morgan fingerprint density at radius 3 is 2.53 bits per heavy atom. The van der Waals surface area contributed by atoms with Crippen molar-refractivity contribution in [1.29, 1.82) is 0 Å². The van der Waals surface area contributed by atoms with E-state index in [0.717, 1.165) is 16.5 Å². The van der Waals surface area contributed by atoms with Crippen molar-refractivity contribution in [3.8, 4) is 0 Å². The summed E-state index contributed by atoms with van der Waals surface area (Å²) in [5, 5.41) is 13.2. The Kier molecular flexibility index (Phi) is 5.97. The van der Waals surface area contributed by atoms with E-state index < -0.39 is 16.7 Å². The highest BCUT2D eigenvalue weighted by Gasteiger charge is 2.33. The van der Waals surface area contributed by atoms with Crippen molar-refractivity contribution < 1.29 is 14.5 Å². The number of rotatable bonds is 5. The van der Waals surface area contributed by atoms with Gasteiger partial charge in [-0.3, -0.25) is 25.1 Å². The Hall–Kier alpha value is -4.89. The van der Waals surface area contributed by atoms with Crippen LogP contribution < -0.4 is 5.43 Å². The third-order valence-electron chi connectivity index (χ3n) is 5.42. The number of benzene rings is 3. The molecule has 1 aliphatic rings. The summed E-state index contributed by atoms with van der Waals surface area (Å²) in [6.45, 7) is 0. The highest BCUT2D eigenvalue weighted by atomic mass is 35.5. The maximum atomic E-state index is 13.4. The minimum Gasteiger partial charge on any atom is -0.267 e. The summed E-state index contributed by atoms with van der Waals surface area (Å²) < 4.78 is 0. The summed E-state index contributed by atoms with van der Waals surface area (Å²) in [6.07, 6.45) is 1.51. The number of nitro benzene ring substituents is 1. The minimum absolute atomic E-state index is 0.0172.